The first-order valence-electron chi connectivity index (χ1n) is 9.45. The topological polar surface area (TPSA) is 49.3 Å². The molecule has 0 radical (unpaired) electrons. The Bertz CT molecular complexity index is 1140. The number of amides is 1. The molecule has 0 bridgehead atoms. The van der Waals surface area contributed by atoms with Crippen LogP contribution >= 0.6 is 11.3 Å². The largest absolute Gasteiger partial charge is 0.336 e. The summed E-state index contributed by atoms with van der Waals surface area (Å²) in [5, 5.41) is 1.17. The second-order valence-electron chi connectivity index (χ2n) is 7.10. The van der Waals surface area contributed by atoms with Gasteiger partial charge in [0.25, 0.3) is 5.91 Å². The van der Waals surface area contributed by atoms with Crippen LogP contribution < -0.4 is 0 Å². The van der Waals surface area contributed by atoms with Crippen LogP contribution in [-0.2, 0) is 6.54 Å². The third-order valence-electron chi connectivity index (χ3n) is 5.35. The molecule has 6 heteroatoms. The summed E-state index contributed by atoms with van der Waals surface area (Å²) < 4.78 is 1.06. The minimum atomic E-state index is 0.113. The number of pyridine rings is 1. The maximum absolute atomic E-state index is 12.9. The Labute approximate surface area is 167 Å². The molecule has 1 amide bonds. The molecule has 0 N–H and O–H groups in total. The number of fused-ring (bicyclic) bond motifs is 2. The maximum Gasteiger partial charge on any atom is 0.253 e. The van der Waals surface area contributed by atoms with E-state index in [2.05, 4.69) is 39.1 Å². The summed E-state index contributed by atoms with van der Waals surface area (Å²) in [6.45, 7) is 4.11. The zero-order valence-electron chi connectivity index (χ0n) is 15.4. The molecule has 1 fully saturated rings. The lowest BCUT2D eigenvalue weighted by molar-refractivity contribution is 0.0629. The van der Waals surface area contributed by atoms with E-state index in [0.29, 0.717) is 0 Å². The van der Waals surface area contributed by atoms with E-state index in [-0.39, 0.29) is 5.91 Å². The number of thiazole rings is 1. The number of rotatable bonds is 3. The number of piperazine rings is 1. The highest BCUT2D eigenvalue weighted by Crippen LogP contribution is 2.21. The number of carbonyl (C=O) groups excluding carboxylic acids is 1. The lowest BCUT2D eigenvalue weighted by Crippen LogP contribution is -2.48. The predicted molar refractivity (Wildman–Crippen MR) is 113 cm³/mol. The first-order valence-corrected chi connectivity index (χ1v) is 10.3. The minimum Gasteiger partial charge on any atom is -0.336 e. The van der Waals surface area contributed by atoms with Gasteiger partial charge < -0.3 is 4.90 Å². The molecule has 1 aliphatic rings. The highest BCUT2D eigenvalue weighted by molar-refractivity contribution is 7.16. The van der Waals surface area contributed by atoms with Crippen LogP contribution in [0.25, 0.3) is 21.1 Å². The first-order chi connectivity index (χ1) is 13.8. The molecule has 5 rings (SSSR count). The molecular formula is C22H20N4OS. The number of hydrogen-bond acceptors (Lipinski definition) is 5. The molecule has 3 heterocycles. The second kappa shape index (κ2) is 7.30. The summed E-state index contributed by atoms with van der Waals surface area (Å²) in [7, 11) is 0. The van der Waals surface area contributed by atoms with Gasteiger partial charge in [-0.05, 0) is 29.8 Å². The normalized spacial score (nSPS) is 15.4. The molecule has 0 unspecified atom stereocenters. The summed E-state index contributed by atoms with van der Waals surface area (Å²) in [4.78, 5) is 26.1. The molecule has 4 aromatic rings. The van der Waals surface area contributed by atoms with Crippen molar-refractivity contribution in [3.05, 3.63) is 71.4 Å². The third-order valence-corrected chi connectivity index (χ3v) is 6.14. The van der Waals surface area contributed by atoms with Crippen molar-refractivity contribution in [1.82, 2.24) is 19.8 Å². The first kappa shape index (κ1) is 17.3. The Hall–Kier alpha value is -2.83. The van der Waals surface area contributed by atoms with Crippen molar-refractivity contribution in [2.24, 2.45) is 0 Å². The molecule has 2 aromatic carbocycles. The average Bonchev–Trinajstić information content (AvgIpc) is 3.22. The molecule has 1 saturated heterocycles. The van der Waals surface area contributed by atoms with Gasteiger partial charge in [0.15, 0.2) is 0 Å². The van der Waals surface area contributed by atoms with Crippen molar-refractivity contribution in [3.63, 3.8) is 0 Å². The predicted octanol–water partition coefficient (Wildman–Crippen LogP) is 3.80. The summed E-state index contributed by atoms with van der Waals surface area (Å²) in [6, 6.07) is 16.2. The molecule has 2 aromatic heterocycles. The Kier molecular flexibility index (Phi) is 4.50. The van der Waals surface area contributed by atoms with E-state index < -0.39 is 0 Å². The van der Waals surface area contributed by atoms with E-state index in [1.54, 1.807) is 11.3 Å². The Morgan fingerprint density at radius 2 is 1.86 bits per heavy atom. The number of aromatic nitrogens is 2. The van der Waals surface area contributed by atoms with Gasteiger partial charge >= 0.3 is 0 Å². The van der Waals surface area contributed by atoms with Crippen LogP contribution in [-0.4, -0.2) is 51.9 Å². The van der Waals surface area contributed by atoms with Crippen molar-refractivity contribution in [2.75, 3.05) is 26.2 Å². The zero-order chi connectivity index (χ0) is 18.9. The molecule has 1 aliphatic heterocycles. The summed E-state index contributed by atoms with van der Waals surface area (Å²) in [5.74, 6) is 0.113. The van der Waals surface area contributed by atoms with Gasteiger partial charge in [-0.25, -0.2) is 4.98 Å². The molecule has 0 aliphatic carbocycles. The second-order valence-corrected chi connectivity index (χ2v) is 7.98. The van der Waals surface area contributed by atoms with Gasteiger partial charge in [-0.1, -0.05) is 24.3 Å². The van der Waals surface area contributed by atoms with E-state index in [1.807, 2.05) is 40.9 Å². The lowest BCUT2D eigenvalue weighted by atomic mass is 10.1. The number of benzene rings is 2. The quantitative estimate of drug-likeness (QED) is 0.536. The van der Waals surface area contributed by atoms with Crippen molar-refractivity contribution >= 4 is 38.4 Å². The lowest BCUT2D eigenvalue weighted by Gasteiger charge is -2.35. The third kappa shape index (κ3) is 3.25. The summed E-state index contributed by atoms with van der Waals surface area (Å²) in [5.41, 5.74) is 5.84. The highest BCUT2D eigenvalue weighted by atomic mass is 32.1. The highest BCUT2D eigenvalue weighted by Gasteiger charge is 2.23. The fraction of sp³-hybridized carbons (Fsp3) is 0.227. The molecule has 28 heavy (non-hydrogen) atoms. The maximum atomic E-state index is 12.9. The van der Waals surface area contributed by atoms with Crippen LogP contribution in [0.15, 0.2) is 60.2 Å². The number of hydrogen-bond donors (Lipinski definition) is 0. The van der Waals surface area contributed by atoms with Gasteiger partial charge in [-0.15, -0.1) is 11.3 Å². The molecule has 5 nitrogen and oxygen atoms in total. The fourth-order valence-corrected chi connectivity index (χ4v) is 4.53. The number of carbonyl (C=O) groups is 1. The van der Waals surface area contributed by atoms with Crippen LogP contribution in [0.5, 0.6) is 0 Å². The van der Waals surface area contributed by atoms with Crippen LogP contribution in [0.3, 0.4) is 0 Å². The van der Waals surface area contributed by atoms with Crippen molar-refractivity contribution in [2.45, 2.75) is 6.54 Å². The summed E-state index contributed by atoms with van der Waals surface area (Å²) in [6.07, 6.45) is 1.85. The van der Waals surface area contributed by atoms with Crippen molar-refractivity contribution in [3.8, 4) is 0 Å². The monoisotopic (exact) mass is 388 g/mol. The Morgan fingerprint density at radius 1 is 1.00 bits per heavy atom. The van der Waals surface area contributed by atoms with E-state index in [0.717, 1.165) is 54.0 Å². The Balaban J connectivity index is 1.26. The Morgan fingerprint density at radius 3 is 2.75 bits per heavy atom. The van der Waals surface area contributed by atoms with Crippen molar-refractivity contribution in [1.29, 1.82) is 0 Å². The molecule has 0 saturated carbocycles. The number of para-hydroxylation sites is 1. The van der Waals surface area contributed by atoms with Gasteiger partial charge in [-0.2, -0.15) is 0 Å². The van der Waals surface area contributed by atoms with Gasteiger partial charge in [0.1, 0.15) is 0 Å². The van der Waals surface area contributed by atoms with Crippen LogP contribution in [0.1, 0.15) is 15.9 Å². The number of nitrogens with zero attached hydrogens (tertiary/aromatic N) is 4. The standard InChI is InChI=1S/C22H20N4OS/c27-22(17-6-7-19-20(13-17)28-15-24-19)26-11-9-25(10-12-26)14-18-4-1-3-16-5-2-8-23-21(16)18/h1-8,13,15H,9-12,14H2. The van der Waals surface area contributed by atoms with Crippen LogP contribution in [0.2, 0.25) is 0 Å². The van der Waals surface area contributed by atoms with Crippen molar-refractivity contribution < 1.29 is 4.79 Å². The summed E-state index contributed by atoms with van der Waals surface area (Å²) >= 11 is 1.57. The van der Waals surface area contributed by atoms with E-state index in [1.165, 1.54) is 10.9 Å². The molecule has 140 valence electrons. The van der Waals surface area contributed by atoms with Gasteiger partial charge in [0.05, 0.1) is 21.2 Å². The minimum absolute atomic E-state index is 0.113. The SMILES string of the molecule is O=C(c1ccc2ncsc2c1)N1CCN(Cc2cccc3cccnc23)CC1. The molecule has 0 atom stereocenters. The van der Waals surface area contributed by atoms with Crippen LogP contribution in [0.4, 0.5) is 0 Å². The van der Waals surface area contributed by atoms with Gasteiger partial charge in [0, 0.05) is 49.9 Å². The van der Waals surface area contributed by atoms with Gasteiger partial charge in [-0.3, -0.25) is 14.7 Å². The molecular weight excluding hydrogens is 368 g/mol. The van der Waals surface area contributed by atoms with Gasteiger partial charge in [0.2, 0.25) is 0 Å². The van der Waals surface area contributed by atoms with E-state index in [4.69, 9.17) is 0 Å². The van der Waals surface area contributed by atoms with E-state index >= 15 is 0 Å². The average molecular weight is 388 g/mol. The van der Waals surface area contributed by atoms with Crippen LogP contribution in [0, 0.1) is 0 Å². The fourth-order valence-electron chi connectivity index (χ4n) is 3.82. The van der Waals surface area contributed by atoms with E-state index in [9.17, 15) is 4.79 Å². The zero-order valence-corrected chi connectivity index (χ0v) is 16.2. The molecule has 0 spiro atoms. The smallest absolute Gasteiger partial charge is 0.253 e.